The number of amides is 1. The first-order chi connectivity index (χ1) is 9.14. The van der Waals surface area contributed by atoms with Crippen LogP contribution in [0.4, 0.5) is 15.0 Å². The van der Waals surface area contributed by atoms with Crippen LogP contribution in [0.1, 0.15) is 27.7 Å². The third-order valence-electron chi connectivity index (χ3n) is 3.65. The van der Waals surface area contributed by atoms with Crippen molar-refractivity contribution in [3.8, 4) is 0 Å². The van der Waals surface area contributed by atoms with Gasteiger partial charge < -0.3 is 14.4 Å². The van der Waals surface area contributed by atoms with Crippen LogP contribution in [0.2, 0.25) is 0 Å². The second-order valence-electron chi connectivity index (χ2n) is 5.58. The Kier molecular flexibility index (Phi) is 3.47. The number of anilines is 1. The molecule has 1 aliphatic heterocycles. The Bertz CT molecular complexity index is 534. The van der Waals surface area contributed by atoms with Gasteiger partial charge in [0.15, 0.2) is 11.6 Å². The normalized spacial score (nSPS) is 19.9. The fourth-order valence-corrected chi connectivity index (χ4v) is 1.80. The van der Waals surface area contributed by atoms with Crippen molar-refractivity contribution >= 4 is 24.5 Å². The molecule has 0 aliphatic carbocycles. The molecule has 2 N–H and O–H groups in total. The van der Waals surface area contributed by atoms with Gasteiger partial charge in [0.05, 0.1) is 11.2 Å². The topological polar surface area (TPSA) is 80.7 Å². The van der Waals surface area contributed by atoms with E-state index in [-0.39, 0.29) is 11.3 Å². The van der Waals surface area contributed by atoms with Crippen LogP contribution in [0.25, 0.3) is 0 Å². The first-order valence-corrected chi connectivity index (χ1v) is 6.14. The zero-order valence-corrected chi connectivity index (χ0v) is 11.7. The summed E-state index contributed by atoms with van der Waals surface area (Å²) in [6, 6.07) is 1.41. The van der Waals surface area contributed by atoms with Crippen LogP contribution >= 0.6 is 0 Å². The van der Waals surface area contributed by atoms with Gasteiger partial charge in [-0.1, -0.05) is 0 Å². The summed E-state index contributed by atoms with van der Waals surface area (Å²) in [5, 5.41) is 10.5. The molecule has 1 aromatic rings. The molecule has 0 bridgehead atoms. The van der Waals surface area contributed by atoms with E-state index in [2.05, 4.69) is 4.98 Å². The van der Waals surface area contributed by atoms with Crippen molar-refractivity contribution in [1.29, 1.82) is 0 Å². The van der Waals surface area contributed by atoms with E-state index >= 15 is 0 Å². The smallest absolute Gasteiger partial charge is 0.465 e. The molecule has 1 amide bonds. The maximum absolute atomic E-state index is 14.2. The molecule has 0 atom stereocenters. The highest BCUT2D eigenvalue weighted by Gasteiger charge is 2.52. The Morgan fingerprint density at radius 1 is 1.35 bits per heavy atom. The number of nitrogens with one attached hydrogen (secondary N) is 1. The molecule has 0 aromatic carbocycles. The summed E-state index contributed by atoms with van der Waals surface area (Å²) < 4.78 is 25.7. The fraction of sp³-hybridized carbons (Fsp3) is 0.500. The third-order valence-corrected chi connectivity index (χ3v) is 3.65. The first kappa shape index (κ1) is 14.7. The van der Waals surface area contributed by atoms with E-state index in [0.29, 0.717) is 0 Å². The summed E-state index contributed by atoms with van der Waals surface area (Å²) in [5.41, 5.74) is -1.09. The van der Waals surface area contributed by atoms with E-state index in [4.69, 9.17) is 14.4 Å². The van der Waals surface area contributed by atoms with Gasteiger partial charge in [-0.05, 0) is 33.8 Å². The van der Waals surface area contributed by atoms with E-state index in [9.17, 15) is 9.18 Å². The van der Waals surface area contributed by atoms with Crippen molar-refractivity contribution in [1.82, 2.24) is 4.98 Å². The maximum Gasteiger partial charge on any atom is 0.498 e. The summed E-state index contributed by atoms with van der Waals surface area (Å²) in [4.78, 5) is 14.2. The van der Waals surface area contributed by atoms with Crippen molar-refractivity contribution in [2.75, 3.05) is 5.32 Å². The Morgan fingerprint density at radius 3 is 2.40 bits per heavy atom. The highest BCUT2D eigenvalue weighted by atomic mass is 19.1. The molecule has 20 heavy (non-hydrogen) atoms. The van der Waals surface area contributed by atoms with Crippen LogP contribution in [0.3, 0.4) is 0 Å². The van der Waals surface area contributed by atoms with Crippen LogP contribution in [0.15, 0.2) is 12.3 Å². The van der Waals surface area contributed by atoms with Gasteiger partial charge in [0.25, 0.3) is 0 Å². The number of hydrogen-bond donors (Lipinski definition) is 2. The summed E-state index contributed by atoms with van der Waals surface area (Å²) in [5.74, 6) is -1.17. The van der Waals surface area contributed by atoms with E-state index in [1.165, 1.54) is 12.3 Å². The molecule has 0 spiro atoms. The zero-order chi connectivity index (χ0) is 15.1. The second kappa shape index (κ2) is 4.71. The number of halogens is 1. The lowest BCUT2D eigenvalue weighted by Gasteiger charge is -2.32. The number of nitrogens with zero attached hydrogens (tertiary/aromatic N) is 1. The molecule has 2 heterocycles. The van der Waals surface area contributed by atoms with Crippen molar-refractivity contribution in [2.24, 2.45) is 0 Å². The Morgan fingerprint density at radius 2 is 1.90 bits per heavy atom. The summed E-state index contributed by atoms with van der Waals surface area (Å²) in [7, 11) is -0.905. The van der Waals surface area contributed by atoms with E-state index < -0.39 is 30.2 Å². The molecule has 1 fully saturated rings. The highest BCUT2D eigenvalue weighted by molar-refractivity contribution is 6.62. The minimum atomic E-state index is -1.39. The number of carboxylic acid groups (broad SMARTS) is 1. The van der Waals surface area contributed by atoms with Gasteiger partial charge in [0, 0.05) is 11.7 Å². The van der Waals surface area contributed by atoms with Gasteiger partial charge in [-0.15, -0.1) is 0 Å². The lowest BCUT2D eigenvalue weighted by atomic mass is 9.79. The largest absolute Gasteiger partial charge is 0.498 e. The van der Waals surface area contributed by atoms with Crippen molar-refractivity contribution in [3.05, 3.63) is 18.1 Å². The van der Waals surface area contributed by atoms with Crippen LogP contribution in [-0.4, -0.2) is 34.5 Å². The molecule has 6 nitrogen and oxygen atoms in total. The van der Waals surface area contributed by atoms with Crippen LogP contribution in [0.5, 0.6) is 0 Å². The van der Waals surface area contributed by atoms with Gasteiger partial charge in [-0.2, -0.15) is 0 Å². The van der Waals surface area contributed by atoms with Crippen molar-refractivity contribution in [2.45, 2.75) is 38.9 Å². The standard InChI is InChI=1S/C12H16BFN2O4/c1-11(2)12(3,4)20-13(19-11)7-5-6-15-9(8(7)14)16-10(17)18/h5-6H,1-4H3,(H,15,16)(H,17,18). The molecule has 1 aromatic heterocycles. The molecule has 1 saturated heterocycles. The van der Waals surface area contributed by atoms with Crippen molar-refractivity contribution < 1.29 is 23.6 Å². The van der Waals surface area contributed by atoms with Crippen LogP contribution in [-0.2, 0) is 9.31 Å². The average Bonchev–Trinajstić information content (AvgIpc) is 2.50. The number of hydrogen-bond acceptors (Lipinski definition) is 4. The lowest BCUT2D eigenvalue weighted by molar-refractivity contribution is 0.00578. The van der Waals surface area contributed by atoms with E-state index in [1.54, 1.807) is 0 Å². The molecular weight excluding hydrogens is 266 g/mol. The number of carbonyl (C=O) groups is 1. The van der Waals surface area contributed by atoms with Crippen molar-refractivity contribution in [3.63, 3.8) is 0 Å². The van der Waals surface area contributed by atoms with Gasteiger partial charge in [-0.3, -0.25) is 5.32 Å². The zero-order valence-electron chi connectivity index (χ0n) is 11.7. The van der Waals surface area contributed by atoms with Crippen LogP contribution < -0.4 is 10.8 Å². The Labute approximate surface area is 116 Å². The molecule has 108 valence electrons. The minimum Gasteiger partial charge on any atom is -0.465 e. The Balaban J connectivity index is 2.34. The molecule has 1 aliphatic rings. The molecule has 0 unspecified atom stereocenters. The predicted octanol–water partition coefficient (Wildman–Crippen LogP) is 1.61. The minimum absolute atomic E-state index is 0.113. The van der Waals surface area contributed by atoms with Gasteiger partial charge in [-0.25, -0.2) is 14.2 Å². The number of rotatable bonds is 2. The predicted molar refractivity (Wildman–Crippen MR) is 71.6 cm³/mol. The van der Waals surface area contributed by atoms with Crippen LogP contribution in [0, 0.1) is 5.82 Å². The van der Waals surface area contributed by atoms with E-state index in [1.807, 2.05) is 33.0 Å². The maximum atomic E-state index is 14.2. The summed E-state index contributed by atoms with van der Waals surface area (Å²) in [6.07, 6.45) is -0.0863. The van der Waals surface area contributed by atoms with E-state index in [0.717, 1.165) is 0 Å². The molecule has 0 saturated carbocycles. The number of aromatic nitrogens is 1. The molecule has 2 rings (SSSR count). The van der Waals surface area contributed by atoms with Gasteiger partial charge >= 0.3 is 13.2 Å². The first-order valence-electron chi connectivity index (χ1n) is 6.14. The van der Waals surface area contributed by atoms with Gasteiger partial charge in [0.2, 0.25) is 0 Å². The highest BCUT2D eigenvalue weighted by Crippen LogP contribution is 2.36. The fourth-order valence-electron chi connectivity index (χ4n) is 1.80. The number of pyridine rings is 1. The SMILES string of the molecule is CC1(C)OB(c2ccnc(NC(=O)O)c2F)OC1(C)C. The molecular formula is C12H16BFN2O4. The summed E-state index contributed by atoms with van der Waals surface area (Å²) >= 11 is 0. The third kappa shape index (κ3) is 2.48. The Hall–Kier alpha value is -1.67. The second-order valence-corrected chi connectivity index (χ2v) is 5.58. The monoisotopic (exact) mass is 282 g/mol. The summed E-state index contributed by atoms with van der Waals surface area (Å²) in [6.45, 7) is 7.40. The quantitative estimate of drug-likeness (QED) is 0.805. The molecule has 8 heteroatoms. The average molecular weight is 282 g/mol. The molecule has 0 radical (unpaired) electrons. The van der Waals surface area contributed by atoms with Gasteiger partial charge in [0.1, 0.15) is 0 Å². The lowest BCUT2D eigenvalue weighted by Crippen LogP contribution is -2.41.